The predicted octanol–water partition coefficient (Wildman–Crippen LogP) is 2.00. The van der Waals surface area contributed by atoms with Gasteiger partial charge in [0, 0.05) is 18.1 Å². The molecule has 8 heteroatoms. The zero-order valence-corrected chi connectivity index (χ0v) is 12.9. The molecule has 20 heavy (non-hydrogen) atoms. The average molecular weight is 340 g/mol. The maximum atomic E-state index is 11.9. The summed E-state index contributed by atoms with van der Waals surface area (Å²) in [6.07, 6.45) is 0. The maximum absolute atomic E-state index is 11.9. The number of carbonyl (C=O) groups is 2. The van der Waals surface area contributed by atoms with E-state index in [0.29, 0.717) is 16.3 Å². The van der Waals surface area contributed by atoms with E-state index in [1.165, 1.54) is 13.2 Å². The van der Waals surface area contributed by atoms with Gasteiger partial charge in [0.2, 0.25) is 0 Å². The summed E-state index contributed by atoms with van der Waals surface area (Å²) in [4.78, 5) is 21.9. The smallest absolute Gasteiger partial charge is 0.255 e. The van der Waals surface area contributed by atoms with E-state index >= 15 is 0 Å². The molecule has 0 aliphatic carbocycles. The number of benzene rings is 1. The van der Waals surface area contributed by atoms with Crippen LogP contribution < -0.4 is 15.4 Å². The fourth-order valence-corrected chi connectivity index (χ4v) is 1.72. The first-order valence-corrected chi connectivity index (χ1v) is 6.88. The van der Waals surface area contributed by atoms with Gasteiger partial charge in [-0.15, -0.1) is 0 Å². The largest absolute Gasteiger partial charge is 0.496 e. The fraction of sp³-hybridized carbons (Fsp3) is 0.333. The monoisotopic (exact) mass is 338 g/mol. The highest BCUT2D eigenvalue weighted by Crippen LogP contribution is 2.22. The van der Waals surface area contributed by atoms with Gasteiger partial charge in [0.25, 0.3) is 11.8 Å². The molecule has 0 aromatic heterocycles. The molecule has 0 radical (unpaired) electrons. The summed E-state index contributed by atoms with van der Waals surface area (Å²) >= 11 is 16.5. The molecule has 0 aliphatic rings. The Morgan fingerprint density at radius 1 is 1.25 bits per heavy atom. The molecule has 0 saturated carbocycles. The van der Waals surface area contributed by atoms with Crippen molar-refractivity contribution in [1.29, 1.82) is 0 Å². The minimum absolute atomic E-state index is 0.212. The van der Waals surface area contributed by atoms with Gasteiger partial charge in [-0.05, 0) is 18.2 Å². The van der Waals surface area contributed by atoms with Gasteiger partial charge in [0.15, 0.2) is 4.84 Å². The van der Waals surface area contributed by atoms with Crippen LogP contribution in [0.1, 0.15) is 10.4 Å². The Morgan fingerprint density at radius 3 is 2.50 bits per heavy atom. The van der Waals surface area contributed by atoms with Crippen LogP contribution in [0.3, 0.4) is 0 Å². The first kappa shape index (κ1) is 16.9. The van der Waals surface area contributed by atoms with Gasteiger partial charge >= 0.3 is 0 Å². The van der Waals surface area contributed by atoms with Gasteiger partial charge in [-0.25, -0.2) is 0 Å². The normalized spacial score (nSPS) is 10.2. The van der Waals surface area contributed by atoms with Gasteiger partial charge in [-0.2, -0.15) is 0 Å². The summed E-state index contributed by atoms with van der Waals surface area (Å²) < 4.78 is 5.07. The summed E-state index contributed by atoms with van der Waals surface area (Å²) in [6.45, 7) is 0.435. The van der Waals surface area contributed by atoms with Gasteiger partial charge in [-0.1, -0.05) is 34.8 Å². The number of ether oxygens (including phenoxy) is 1. The molecule has 0 fully saturated rings. The van der Waals surface area contributed by atoms with Crippen LogP contribution in [0.15, 0.2) is 18.2 Å². The minimum Gasteiger partial charge on any atom is -0.496 e. The van der Waals surface area contributed by atoms with E-state index in [2.05, 4.69) is 10.6 Å². The Labute approximate surface area is 131 Å². The van der Waals surface area contributed by atoms with Crippen LogP contribution in [-0.2, 0) is 4.79 Å². The van der Waals surface area contributed by atoms with E-state index in [1.807, 2.05) is 0 Å². The highest BCUT2D eigenvalue weighted by atomic mass is 35.5. The third-order valence-electron chi connectivity index (χ3n) is 2.31. The van der Waals surface area contributed by atoms with E-state index in [9.17, 15) is 9.59 Å². The zero-order chi connectivity index (χ0) is 15.1. The van der Waals surface area contributed by atoms with Gasteiger partial charge < -0.3 is 15.4 Å². The van der Waals surface area contributed by atoms with Crippen molar-refractivity contribution in [3.63, 3.8) is 0 Å². The van der Waals surface area contributed by atoms with Crippen molar-refractivity contribution in [2.45, 2.75) is 4.84 Å². The highest BCUT2D eigenvalue weighted by Gasteiger charge is 2.13. The van der Waals surface area contributed by atoms with Crippen molar-refractivity contribution in [3.8, 4) is 5.75 Å². The summed E-state index contributed by atoms with van der Waals surface area (Å²) in [5, 5.41) is 5.50. The van der Waals surface area contributed by atoms with Crippen LogP contribution >= 0.6 is 34.8 Å². The molecule has 0 unspecified atom stereocenters. The summed E-state index contributed by atoms with van der Waals surface area (Å²) in [5.41, 5.74) is 0.318. The maximum Gasteiger partial charge on any atom is 0.255 e. The van der Waals surface area contributed by atoms with Gasteiger partial charge in [0.05, 0.1) is 12.7 Å². The van der Waals surface area contributed by atoms with E-state index in [4.69, 9.17) is 39.5 Å². The quantitative estimate of drug-likeness (QED) is 0.615. The second-order valence-electron chi connectivity index (χ2n) is 3.69. The number of nitrogens with one attached hydrogen (secondary N) is 2. The van der Waals surface area contributed by atoms with Crippen molar-refractivity contribution < 1.29 is 14.3 Å². The number of hydrogen-bond donors (Lipinski definition) is 2. The predicted molar refractivity (Wildman–Crippen MR) is 78.8 cm³/mol. The van der Waals surface area contributed by atoms with Crippen LogP contribution in [-0.4, -0.2) is 36.8 Å². The molecule has 5 nitrogen and oxygen atoms in total. The van der Waals surface area contributed by atoms with Crippen molar-refractivity contribution in [2.75, 3.05) is 20.2 Å². The lowest BCUT2D eigenvalue weighted by molar-refractivity contribution is -0.119. The second kappa shape index (κ2) is 8.19. The lowest BCUT2D eigenvalue weighted by Gasteiger charge is -2.10. The first-order valence-electron chi connectivity index (χ1n) is 5.63. The van der Waals surface area contributed by atoms with Crippen LogP contribution in [0.4, 0.5) is 0 Å². The van der Waals surface area contributed by atoms with Gasteiger partial charge in [0.1, 0.15) is 5.75 Å². The topological polar surface area (TPSA) is 67.4 Å². The van der Waals surface area contributed by atoms with Gasteiger partial charge in [-0.3, -0.25) is 9.59 Å². The standard InChI is InChI=1S/C12H13Cl3N2O3/c1-20-9-3-2-7(13)6-8(9)11(18)16-4-5-17-12(19)10(14)15/h2-3,6,10H,4-5H2,1H3,(H,16,18)(H,17,19). The number of halogens is 3. The Balaban J connectivity index is 2.51. The first-order chi connectivity index (χ1) is 9.45. The number of methoxy groups -OCH3 is 1. The van der Waals surface area contributed by atoms with E-state index in [1.54, 1.807) is 12.1 Å². The zero-order valence-electron chi connectivity index (χ0n) is 10.6. The molecule has 0 spiro atoms. The highest BCUT2D eigenvalue weighted by molar-refractivity contribution is 6.53. The lowest BCUT2D eigenvalue weighted by atomic mass is 10.2. The number of amides is 2. The van der Waals surface area contributed by atoms with Crippen molar-refractivity contribution in [3.05, 3.63) is 28.8 Å². The molecular weight excluding hydrogens is 327 g/mol. The Bertz CT molecular complexity index is 495. The van der Waals surface area contributed by atoms with Crippen molar-refractivity contribution >= 4 is 46.6 Å². The minimum atomic E-state index is -1.13. The van der Waals surface area contributed by atoms with Crippen LogP contribution in [0.25, 0.3) is 0 Å². The molecule has 110 valence electrons. The third kappa shape index (κ3) is 5.07. The molecule has 0 aliphatic heterocycles. The molecule has 2 amide bonds. The van der Waals surface area contributed by atoms with Crippen LogP contribution in [0.5, 0.6) is 5.75 Å². The summed E-state index contributed by atoms with van der Waals surface area (Å²) in [6, 6.07) is 4.73. The Morgan fingerprint density at radius 2 is 1.90 bits per heavy atom. The van der Waals surface area contributed by atoms with E-state index in [-0.39, 0.29) is 19.0 Å². The summed E-state index contributed by atoms with van der Waals surface area (Å²) in [7, 11) is 1.46. The van der Waals surface area contributed by atoms with E-state index < -0.39 is 10.7 Å². The molecular formula is C12H13Cl3N2O3. The Hall–Kier alpha value is -1.17. The average Bonchev–Trinajstić information content (AvgIpc) is 2.42. The second-order valence-corrected chi connectivity index (χ2v) is 5.22. The third-order valence-corrected chi connectivity index (χ3v) is 2.95. The molecule has 0 heterocycles. The number of alkyl halides is 2. The van der Waals surface area contributed by atoms with Crippen LogP contribution in [0.2, 0.25) is 5.02 Å². The number of rotatable bonds is 6. The molecule has 0 saturated heterocycles. The van der Waals surface area contributed by atoms with Crippen molar-refractivity contribution in [2.24, 2.45) is 0 Å². The number of hydrogen-bond acceptors (Lipinski definition) is 3. The van der Waals surface area contributed by atoms with Crippen LogP contribution in [0, 0.1) is 0 Å². The van der Waals surface area contributed by atoms with Crippen molar-refractivity contribution in [1.82, 2.24) is 10.6 Å². The molecule has 0 atom stereocenters. The molecule has 1 aromatic rings. The molecule has 0 bridgehead atoms. The lowest BCUT2D eigenvalue weighted by Crippen LogP contribution is -2.36. The SMILES string of the molecule is COc1ccc(Cl)cc1C(=O)NCCNC(=O)C(Cl)Cl. The van der Waals surface area contributed by atoms with E-state index in [0.717, 1.165) is 0 Å². The summed E-state index contributed by atoms with van der Waals surface area (Å²) in [5.74, 6) is -0.452. The number of carbonyl (C=O) groups excluding carboxylic acids is 2. The molecule has 1 aromatic carbocycles. The molecule has 2 N–H and O–H groups in total. The Kier molecular flexibility index (Phi) is 6.91. The molecule has 1 rings (SSSR count). The fourth-order valence-electron chi connectivity index (χ4n) is 1.39.